The Bertz CT molecular complexity index is 630. The Morgan fingerprint density at radius 3 is 2.25 bits per heavy atom. The van der Waals surface area contributed by atoms with Gasteiger partial charge in [0.15, 0.2) is 12.4 Å². The first-order valence-corrected chi connectivity index (χ1v) is 9.67. The largest absolute Gasteiger partial charge is 0.460 e. The number of nitrogens with one attached hydrogen (secondary N) is 1. The molecule has 186 valence electrons. The highest BCUT2D eigenvalue weighted by molar-refractivity contribution is 5.87. The molecule has 9 atom stereocenters. The first-order valence-electron chi connectivity index (χ1n) is 9.67. The molecule has 0 aliphatic carbocycles. The van der Waals surface area contributed by atoms with Crippen LogP contribution in [-0.2, 0) is 23.8 Å². The highest BCUT2D eigenvalue weighted by Crippen LogP contribution is 2.25. The van der Waals surface area contributed by atoms with Crippen LogP contribution in [0.5, 0.6) is 0 Å². The highest BCUT2D eigenvalue weighted by Gasteiger charge is 2.47. The van der Waals surface area contributed by atoms with E-state index in [1.165, 1.54) is 6.92 Å². The minimum Gasteiger partial charge on any atom is -0.460 e. The Kier molecular flexibility index (Phi) is 11.6. The molecule has 1 fully saturated rings. The van der Waals surface area contributed by atoms with E-state index in [9.17, 15) is 50.4 Å². The van der Waals surface area contributed by atoms with Crippen LogP contribution in [0.1, 0.15) is 6.92 Å². The van der Waals surface area contributed by atoms with Gasteiger partial charge in [-0.3, -0.25) is 4.79 Å². The van der Waals surface area contributed by atoms with Crippen molar-refractivity contribution in [3.05, 3.63) is 12.2 Å². The maximum Gasteiger partial charge on any atom is 0.333 e. The molecule has 1 saturated heterocycles. The van der Waals surface area contributed by atoms with Crippen molar-refractivity contribution in [3.63, 3.8) is 0 Å². The van der Waals surface area contributed by atoms with Gasteiger partial charge >= 0.3 is 5.97 Å². The van der Waals surface area contributed by atoms with E-state index in [2.05, 4.69) is 11.9 Å². The molecule has 0 radical (unpaired) electrons. The van der Waals surface area contributed by atoms with Crippen LogP contribution in [0.4, 0.5) is 0 Å². The molecule has 14 nitrogen and oxygen atoms in total. The summed E-state index contributed by atoms with van der Waals surface area (Å²) in [4.78, 5) is 23.3. The lowest BCUT2D eigenvalue weighted by molar-refractivity contribution is -0.326. The Hall–Kier alpha value is -1.72. The van der Waals surface area contributed by atoms with E-state index in [4.69, 9.17) is 14.2 Å². The van der Waals surface area contributed by atoms with Crippen LogP contribution in [0, 0.1) is 0 Å². The molecular formula is C18H31NO13. The summed E-state index contributed by atoms with van der Waals surface area (Å²) in [5.74, 6) is -1.84. The van der Waals surface area contributed by atoms with E-state index in [-0.39, 0.29) is 18.7 Å². The lowest BCUT2D eigenvalue weighted by Gasteiger charge is -2.42. The number of aliphatic hydroxyl groups excluding tert-OH is 8. The summed E-state index contributed by atoms with van der Waals surface area (Å²) < 4.78 is 15.0. The Morgan fingerprint density at radius 1 is 1.09 bits per heavy atom. The van der Waals surface area contributed by atoms with Gasteiger partial charge in [0.1, 0.15) is 49.3 Å². The molecule has 1 aliphatic rings. The fourth-order valence-electron chi connectivity index (χ4n) is 2.72. The first-order chi connectivity index (χ1) is 15.0. The van der Waals surface area contributed by atoms with Gasteiger partial charge in [-0.25, -0.2) is 4.79 Å². The normalized spacial score (nSPS) is 29.5. The number of aliphatic hydroxyl groups is 8. The van der Waals surface area contributed by atoms with Gasteiger partial charge in [0, 0.05) is 5.57 Å². The van der Waals surface area contributed by atoms with Gasteiger partial charge in [0.25, 0.3) is 5.91 Å². The summed E-state index contributed by atoms with van der Waals surface area (Å²) in [6, 6.07) is 0. The molecule has 1 rings (SSSR count). The van der Waals surface area contributed by atoms with Gasteiger partial charge in [-0.2, -0.15) is 0 Å². The third-order valence-corrected chi connectivity index (χ3v) is 4.62. The van der Waals surface area contributed by atoms with Gasteiger partial charge in [-0.15, -0.1) is 0 Å². The van der Waals surface area contributed by atoms with E-state index in [1.807, 2.05) is 0 Å². The van der Waals surface area contributed by atoms with Crippen LogP contribution in [0.25, 0.3) is 0 Å². The molecule has 0 aromatic heterocycles. The standard InChI is InChI=1S/C18H31NO13/c1-7(2)17(29)30-4-3-19-16(28)13(26)12(25)15(8(22)5-20)32-18-14(27)11(24)10(23)9(6-21)31-18/h8-15,18,20-27H,1,3-6H2,2H3,(H,19,28)/t8-,9-,10-,11+,12+,13-,14-,15-,18+/m1/s1. The van der Waals surface area contributed by atoms with Crippen molar-refractivity contribution in [3.8, 4) is 0 Å². The van der Waals surface area contributed by atoms with Crippen molar-refractivity contribution in [1.82, 2.24) is 5.32 Å². The van der Waals surface area contributed by atoms with E-state index < -0.39 is 80.2 Å². The van der Waals surface area contributed by atoms with Crippen LogP contribution in [0.3, 0.4) is 0 Å². The monoisotopic (exact) mass is 469 g/mol. The minimum absolute atomic E-state index is 0.137. The molecule has 32 heavy (non-hydrogen) atoms. The lowest BCUT2D eigenvalue weighted by Crippen LogP contribution is -2.62. The summed E-state index contributed by atoms with van der Waals surface area (Å²) in [6.07, 6.45) is -16.8. The molecule has 0 bridgehead atoms. The van der Waals surface area contributed by atoms with Gasteiger partial charge in [0.05, 0.1) is 19.8 Å². The third-order valence-electron chi connectivity index (χ3n) is 4.62. The molecular weight excluding hydrogens is 438 g/mol. The van der Waals surface area contributed by atoms with E-state index in [0.717, 1.165) is 0 Å². The van der Waals surface area contributed by atoms with Crippen LogP contribution >= 0.6 is 0 Å². The van der Waals surface area contributed by atoms with Crippen LogP contribution in [0.2, 0.25) is 0 Å². The predicted octanol–water partition coefficient (Wildman–Crippen LogP) is -5.52. The quantitative estimate of drug-likeness (QED) is 0.0737. The molecule has 0 aromatic rings. The fraction of sp³-hybridized carbons (Fsp3) is 0.778. The van der Waals surface area contributed by atoms with Crippen molar-refractivity contribution >= 4 is 11.9 Å². The molecule has 0 saturated carbocycles. The zero-order valence-electron chi connectivity index (χ0n) is 17.4. The number of ether oxygens (including phenoxy) is 3. The smallest absolute Gasteiger partial charge is 0.333 e. The van der Waals surface area contributed by atoms with Crippen molar-refractivity contribution in [1.29, 1.82) is 0 Å². The number of amides is 1. The molecule has 0 aromatic carbocycles. The zero-order chi connectivity index (χ0) is 24.6. The summed E-state index contributed by atoms with van der Waals surface area (Å²) in [6.45, 7) is 2.53. The van der Waals surface area contributed by atoms with Gasteiger partial charge < -0.3 is 60.4 Å². The second-order valence-electron chi connectivity index (χ2n) is 7.19. The number of carbonyl (C=O) groups is 2. The second-order valence-corrected chi connectivity index (χ2v) is 7.19. The maximum atomic E-state index is 12.1. The van der Waals surface area contributed by atoms with Crippen molar-refractivity contribution in [2.75, 3.05) is 26.4 Å². The lowest BCUT2D eigenvalue weighted by atomic mass is 9.98. The van der Waals surface area contributed by atoms with Crippen molar-refractivity contribution in [2.45, 2.75) is 62.0 Å². The second kappa shape index (κ2) is 13.1. The maximum absolute atomic E-state index is 12.1. The summed E-state index contributed by atoms with van der Waals surface area (Å²) >= 11 is 0. The van der Waals surface area contributed by atoms with Crippen LogP contribution in [-0.4, -0.2) is 134 Å². The minimum atomic E-state index is -2.21. The topological polar surface area (TPSA) is 236 Å². The molecule has 0 spiro atoms. The number of hydrogen-bond donors (Lipinski definition) is 9. The third kappa shape index (κ3) is 7.41. The Morgan fingerprint density at radius 2 is 1.72 bits per heavy atom. The van der Waals surface area contributed by atoms with Crippen LogP contribution < -0.4 is 5.32 Å². The Balaban J connectivity index is 2.78. The number of rotatable bonds is 12. The van der Waals surface area contributed by atoms with E-state index in [0.29, 0.717) is 0 Å². The number of carbonyl (C=O) groups excluding carboxylic acids is 2. The zero-order valence-corrected chi connectivity index (χ0v) is 17.4. The molecule has 1 heterocycles. The van der Waals surface area contributed by atoms with E-state index in [1.54, 1.807) is 0 Å². The first kappa shape index (κ1) is 28.3. The predicted molar refractivity (Wildman–Crippen MR) is 103 cm³/mol. The number of esters is 1. The molecule has 9 N–H and O–H groups in total. The van der Waals surface area contributed by atoms with Crippen LogP contribution in [0.15, 0.2) is 12.2 Å². The van der Waals surface area contributed by atoms with Gasteiger partial charge in [-0.1, -0.05) is 6.58 Å². The molecule has 1 aliphatic heterocycles. The van der Waals surface area contributed by atoms with Gasteiger partial charge in [-0.05, 0) is 6.92 Å². The average Bonchev–Trinajstić information content (AvgIpc) is 2.77. The van der Waals surface area contributed by atoms with E-state index >= 15 is 0 Å². The van der Waals surface area contributed by atoms with Gasteiger partial charge in [0.2, 0.25) is 0 Å². The summed E-state index contributed by atoms with van der Waals surface area (Å²) in [5, 5.41) is 80.6. The SMILES string of the molecule is C=C(C)C(=O)OCCNC(=O)[C@H](O)[C@H](O)[C@H](O[C@@H]1O[C@H](CO)[C@@H](O)[C@H](O)[C@H]1O)[C@H](O)CO. The molecule has 14 heteroatoms. The number of hydrogen-bond acceptors (Lipinski definition) is 13. The summed E-state index contributed by atoms with van der Waals surface area (Å²) in [5.41, 5.74) is 0.137. The highest BCUT2D eigenvalue weighted by atomic mass is 16.7. The fourth-order valence-corrected chi connectivity index (χ4v) is 2.72. The average molecular weight is 469 g/mol. The van der Waals surface area contributed by atoms with Crippen molar-refractivity contribution in [2.24, 2.45) is 0 Å². The molecule has 1 amide bonds. The van der Waals surface area contributed by atoms with Crippen molar-refractivity contribution < 1.29 is 64.7 Å². The summed E-state index contributed by atoms with van der Waals surface area (Å²) in [7, 11) is 0. The molecule has 0 unspecified atom stereocenters. The Labute approximate surface area is 183 Å².